The predicted octanol–water partition coefficient (Wildman–Crippen LogP) is 2.92. The van der Waals surface area contributed by atoms with Crippen molar-refractivity contribution in [3.63, 3.8) is 0 Å². The van der Waals surface area contributed by atoms with Gasteiger partial charge in [-0.25, -0.2) is 4.98 Å². The highest BCUT2D eigenvalue weighted by molar-refractivity contribution is 5.77. The van der Waals surface area contributed by atoms with Gasteiger partial charge in [0.15, 0.2) is 11.5 Å². The zero-order valence-electron chi connectivity index (χ0n) is 11.3. The molecule has 1 heterocycles. The van der Waals surface area contributed by atoms with E-state index in [1.807, 2.05) is 25.1 Å². The molecule has 0 unspecified atom stereocenters. The molecule has 0 atom stereocenters. The molecule has 4 nitrogen and oxygen atoms in total. The van der Waals surface area contributed by atoms with Crippen LogP contribution in [0.4, 0.5) is 5.69 Å². The van der Waals surface area contributed by atoms with E-state index >= 15 is 0 Å². The first kappa shape index (κ1) is 12.9. The number of oxazole rings is 1. The Morgan fingerprint density at radius 1 is 1.39 bits per heavy atom. The summed E-state index contributed by atoms with van der Waals surface area (Å²) in [4.78, 5) is 4.32. The standard InChI is InChI=1S/C14H21N3O/c1-10-17-12-8-11(4-5-13(12)18-10)16-7-6-14(2,3)9-15/h4-5,8,16H,6-7,9,15H2,1-3H3. The SMILES string of the molecule is Cc1nc2cc(NCCC(C)(C)CN)ccc2o1. The quantitative estimate of drug-likeness (QED) is 0.852. The molecule has 0 aliphatic heterocycles. The third-order valence-corrected chi connectivity index (χ3v) is 3.18. The van der Waals surface area contributed by atoms with E-state index in [9.17, 15) is 0 Å². The van der Waals surface area contributed by atoms with Crippen molar-refractivity contribution in [2.45, 2.75) is 27.2 Å². The maximum Gasteiger partial charge on any atom is 0.192 e. The molecule has 2 aromatic rings. The van der Waals surface area contributed by atoms with Crippen molar-refractivity contribution < 1.29 is 4.42 Å². The van der Waals surface area contributed by atoms with E-state index in [0.29, 0.717) is 12.4 Å². The van der Waals surface area contributed by atoms with Crippen LogP contribution in [0, 0.1) is 12.3 Å². The normalized spacial score (nSPS) is 12.0. The third kappa shape index (κ3) is 3.01. The van der Waals surface area contributed by atoms with Crippen molar-refractivity contribution in [3.05, 3.63) is 24.1 Å². The van der Waals surface area contributed by atoms with Crippen LogP contribution in [-0.2, 0) is 0 Å². The molecule has 0 aliphatic rings. The summed E-state index contributed by atoms with van der Waals surface area (Å²) in [5, 5.41) is 3.40. The van der Waals surface area contributed by atoms with E-state index in [4.69, 9.17) is 10.2 Å². The van der Waals surface area contributed by atoms with Crippen LogP contribution >= 0.6 is 0 Å². The molecule has 0 bridgehead atoms. The fourth-order valence-corrected chi connectivity index (χ4v) is 1.80. The zero-order chi connectivity index (χ0) is 13.2. The zero-order valence-corrected chi connectivity index (χ0v) is 11.3. The average Bonchev–Trinajstić information content (AvgIpc) is 2.68. The van der Waals surface area contributed by atoms with Gasteiger partial charge in [0.05, 0.1) is 0 Å². The lowest BCUT2D eigenvalue weighted by Gasteiger charge is -2.22. The largest absolute Gasteiger partial charge is 0.441 e. The Balaban J connectivity index is 1.99. The van der Waals surface area contributed by atoms with Crippen LogP contribution in [0.1, 0.15) is 26.2 Å². The van der Waals surface area contributed by atoms with Gasteiger partial charge in [0.2, 0.25) is 0 Å². The lowest BCUT2D eigenvalue weighted by atomic mass is 9.90. The Bertz CT molecular complexity index is 531. The van der Waals surface area contributed by atoms with Gasteiger partial charge >= 0.3 is 0 Å². The molecular weight excluding hydrogens is 226 g/mol. The van der Waals surface area contributed by atoms with Gasteiger partial charge in [0, 0.05) is 19.2 Å². The first-order valence-electron chi connectivity index (χ1n) is 6.31. The first-order valence-corrected chi connectivity index (χ1v) is 6.31. The van der Waals surface area contributed by atoms with Gasteiger partial charge in [-0.3, -0.25) is 0 Å². The summed E-state index contributed by atoms with van der Waals surface area (Å²) in [7, 11) is 0. The maximum absolute atomic E-state index is 5.71. The van der Waals surface area contributed by atoms with Crippen molar-refractivity contribution in [3.8, 4) is 0 Å². The summed E-state index contributed by atoms with van der Waals surface area (Å²) in [6.45, 7) is 7.83. The summed E-state index contributed by atoms with van der Waals surface area (Å²) in [5.41, 5.74) is 8.70. The number of nitrogens with one attached hydrogen (secondary N) is 1. The van der Waals surface area contributed by atoms with Crippen molar-refractivity contribution >= 4 is 16.8 Å². The molecular formula is C14H21N3O. The number of aryl methyl sites for hydroxylation is 1. The number of anilines is 1. The van der Waals surface area contributed by atoms with Gasteiger partial charge in [0.25, 0.3) is 0 Å². The van der Waals surface area contributed by atoms with Crippen LogP contribution in [-0.4, -0.2) is 18.1 Å². The minimum absolute atomic E-state index is 0.182. The van der Waals surface area contributed by atoms with E-state index in [2.05, 4.69) is 24.1 Å². The van der Waals surface area contributed by atoms with E-state index in [1.165, 1.54) is 0 Å². The summed E-state index contributed by atoms with van der Waals surface area (Å²) in [6.07, 6.45) is 1.04. The second-order valence-corrected chi connectivity index (χ2v) is 5.46. The molecule has 4 heteroatoms. The Kier molecular flexibility index (Phi) is 3.57. The molecule has 98 valence electrons. The van der Waals surface area contributed by atoms with Gasteiger partial charge in [-0.15, -0.1) is 0 Å². The van der Waals surface area contributed by atoms with Crippen molar-refractivity contribution in [1.82, 2.24) is 4.98 Å². The highest BCUT2D eigenvalue weighted by Crippen LogP contribution is 2.21. The monoisotopic (exact) mass is 247 g/mol. The van der Waals surface area contributed by atoms with Crippen molar-refractivity contribution in [2.75, 3.05) is 18.4 Å². The van der Waals surface area contributed by atoms with Crippen molar-refractivity contribution in [1.29, 1.82) is 0 Å². The molecule has 1 aromatic carbocycles. The minimum Gasteiger partial charge on any atom is -0.441 e. The number of benzene rings is 1. The fraction of sp³-hybridized carbons (Fsp3) is 0.500. The van der Waals surface area contributed by atoms with Crippen LogP contribution in [0.3, 0.4) is 0 Å². The molecule has 0 amide bonds. The molecule has 0 saturated carbocycles. The summed E-state index contributed by atoms with van der Waals surface area (Å²) in [5.74, 6) is 0.700. The average molecular weight is 247 g/mol. The number of aromatic nitrogens is 1. The first-order chi connectivity index (χ1) is 8.50. The van der Waals surface area contributed by atoms with Gasteiger partial charge in [0.1, 0.15) is 5.52 Å². The van der Waals surface area contributed by atoms with Crippen molar-refractivity contribution in [2.24, 2.45) is 11.1 Å². The minimum atomic E-state index is 0.182. The summed E-state index contributed by atoms with van der Waals surface area (Å²) < 4.78 is 5.44. The van der Waals surface area contributed by atoms with E-state index < -0.39 is 0 Å². The lowest BCUT2D eigenvalue weighted by molar-refractivity contribution is 0.358. The van der Waals surface area contributed by atoms with E-state index in [-0.39, 0.29) is 5.41 Å². The Hall–Kier alpha value is -1.55. The predicted molar refractivity (Wildman–Crippen MR) is 74.7 cm³/mol. The topological polar surface area (TPSA) is 64.1 Å². The fourth-order valence-electron chi connectivity index (χ4n) is 1.80. The highest BCUT2D eigenvalue weighted by atomic mass is 16.3. The molecule has 0 spiro atoms. The Morgan fingerprint density at radius 3 is 2.89 bits per heavy atom. The molecule has 18 heavy (non-hydrogen) atoms. The molecule has 2 rings (SSSR count). The van der Waals surface area contributed by atoms with Gasteiger partial charge in [-0.1, -0.05) is 13.8 Å². The molecule has 3 N–H and O–H groups in total. The van der Waals surface area contributed by atoms with Crippen LogP contribution < -0.4 is 11.1 Å². The molecule has 1 aromatic heterocycles. The second kappa shape index (κ2) is 4.98. The third-order valence-electron chi connectivity index (χ3n) is 3.18. The number of rotatable bonds is 5. The Labute approximate surface area is 108 Å². The van der Waals surface area contributed by atoms with E-state index in [1.54, 1.807) is 0 Å². The van der Waals surface area contributed by atoms with Gasteiger partial charge in [-0.05, 0) is 36.6 Å². The smallest absolute Gasteiger partial charge is 0.192 e. The highest BCUT2D eigenvalue weighted by Gasteiger charge is 2.14. The van der Waals surface area contributed by atoms with Crippen LogP contribution in [0.2, 0.25) is 0 Å². The lowest BCUT2D eigenvalue weighted by Crippen LogP contribution is -2.26. The Morgan fingerprint density at radius 2 is 2.17 bits per heavy atom. The van der Waals surface area contributed by atoms with Crippen LogP contribution in [0.15, 0.2) is 22.6 Å². The number of hydrogen-bond donors (Lipinski definition) is 2. The summed E-state index contributed by atoms with van der Waals surface area (Å²) in [6, 6.07) is 5.98. The van der Waals surface area contributed by atoms with Crippen LogP contribution in [0.25, 0.3) is 11.1 Å². The molecule has 0 aliphatic carbocycles. The maximum atomic E-state index is 5.71. The number of nitrogens with two attached hydrogens (primary N) is 1. The van der Waals surface area contributed by atoms with Gasteiger partial charge in [-0.2, -0.15) is 0 Å². The van der Waals surface area contributed by atoms with Crippen LogP contribution in [0.5, 0.6) is 0 Å². The van der Waals surface area contributed by atoms with E-state index in [0.717, 1.165) is 29.8 Å². The number of hydrogen-bond acceptors (Lipinski definition) is 4. The number of nitrogens with zero attached hydrogens (tertiary/aromatic N) is 1. The molecule has 0 fully saturated rings. The molecule has 0 radical (unpaired) electrons. The second-order valence-electron chi connectivity index (χ2n) is 5.46. The number of fused-ring (bicyclic) bond motifs is 1. The summed E-state index contributed by atoms with van der Waals surface area (Å²) >= 11 is 0. The van der Waals surface area contributed by atoms with Gasteiger partial charge < -0.3 is 15.5 Å². The molecule has 0 saturated heterocycles.